The minimum absolute atomic E-state index is 0.293. The maximum Gasteiger partial charge on any atom is 0.256 e. The number of hydrogen-bond acceptors (Lipinski definition) is 5. The number of benzene rings is 2. The van der Waals surface area contributed by atoms with Gasteiger partial charge in [-0.3, -0.25) is 4.79 Å². The highest BCUT2D eigenvalue weighted by atomic mass is 35.5. The Kier molecular flexibility index (Phi) is 5.78. The number of amides is 1. The van der Waals surface area contributed by atoms with Crippen molar-refractivity contribution >= 4 is 34.7 Å². The molecule has 0 aliphatic heterocycles. The SMILES string of the molecule is COc1ccc(C(=O)Nc2ccc(Nc3cccc(Cl)c3)cn2)cc1OC. The molecule has 0 aliphatic rings. The molecular weight excluding hydrogens is 366 g/mol. The second-order valence-corrected chi connectivity index (χ2v) is 6.03. The van der Waals surface area contributed by atoms with E-state index in [0.717, 1.165) is 11.4 Å². The smallest absolute Gasteiger partial charge is 0.256 e. The van der Waals surface area contributed by atoms with E-state index in [0.29, 0.717) is 27.9 Å². The molecule has 2 aromatic carbocycles. The monoisotopic (exact) mass is 383 g/mol. The molecule has 0 radical (unpaired) electrons. The molecule has 0 unspecified atom stereocenters. The van der Waals surface area contributed by atoms with E-state index in [1.54, 1.807) is 43.6 Å². The van der Waals surface area contributed by atoms with Crippen molar-refractivity contribution in [3.63, 3.8) is 0 Å². The van der Waals surface area contributed by atoms with E-state index >= 15 is 0 Å². The molecule has 27 heavy (non-hydrogen) atoms. The number of anilines is 3. The molecule has 0 atom stereocenters. The molecule has 0 fully saturated rings. The van der Waals surface area contributed by atoms with Crippen LogP contribution in [0, 0.1) is 0 Å². The van der Waals surface area contributed by atoms with Crippen molar-refractivity contribution in [2.45, 2.75) is 0 Å². The van der Waals surface area contributed by atoms with Crippen molar-refractivity contribution in [1.82, 2.24) is 4.98 Å². The van der Waals surface area contributed by atoms with Gasteiger partial charge in [-0.25, -0.2) is 4.98 Å². The number of methoxy groups -OCH3 is 2. The average molecular weight is 384 g/mol. The molecule has 2 N–H and O–H groups in total. The largest absolute Gasteiger partial charge is 0.493 e. The first-order valence-electron chi connectivity index (χ1n) is 8.11. The van der Waals surface area contributed by atoms with Crippen molar-refractivity contribution in [2.24, 2.45) is 0 Å². The maximum atomic E-state index is 12.4. The number of carbonyl (C=O) groups excluding carboxylic acids is 1. The predicted molar refractivity (Wildman–Crippen MR) is 106 cm³/mol. The first-order valence-corrected chi connectivity index (χ1v) is 8.49. The van der Waals surface area contributed by atoms with Gasteiger partial charge in [-0.05, 0) is 48.5 Å². The molecule has 0 aliphatic carbocycles. The fraction of sp³-hybridized carbons (Fsp3) is 0.100. The van der Waals surface area contributed by atoms with Crippen molar-refractivity contribution in [3.05, 3.63) is 71.4 Å². The minimum atomic E-state index is -0.293. The molecule has 3 rings (SSSR count). The van der Waals surface area contributed by atoms with E-state index in [1.807, 2.05) is 24.3 Å². The molecule has 0 bridgehead atoms. The Balaban J connectivity index is 1.68. The van der Waals surface area contributed by atoms with Gasteiger partial charge >= 0.3 is 0 Å². The van der Waals surface area contributed by atoms with Crippen molar-refractivity contribution in [3.8, 4) is 11.5 Å². The lowest BCUT2D eigenvalue weighted by Gasteiger charge is -2.10. The summed E-state index contributed by atoms with van der Waals surface area (Å²) in [5.41, 5.74) is 2.07. The third-order valence-electron chi connectivity index (χ3n) is 3.76. The first-order chi connectivity index (χ1) is 13.1. The summed E-state index contributed by atoms with van der Waals surface area (Å²) in [5.74, 6) is 1.19. The topological polar surface area (TPSA) is 72.5 Å². The standard InChI is InChI=1S/C20H18ClN3O3/c1-26-17-8-6-13(10-18(17)27-2)20(25)24-19-9-7-16(12-22-19)23-15-5-3-4-14(21)11-15/h3-12,23H,1-2H3,(H,22,24,25). The number of nitrogens with one attached hydrogen (secondary N) is 2. The molecule has 7 heteroatoms. The number of pyridine rings is 1. The van der Waals surface area contributed by atoms with Gasteiger partial charge in [-0.15, -0.1) is 0 Å². The molecule has 3 aromatic rings. The van der Waals surface area contributed by atoms with Gasteiger partial charge in [0.25, 0.3) is 5.91 Å². The van der Waals surface area contributed by atoms with E-state index in [4.69, 9.17) is 21.1 Å². The number of aromatic nitrogens is 1. The van der Waals surface area contributed by atoms with Crippen LogP contribution in [0.1, 0.15) is 10.4 Å². The Morgan fingerprint density at radius 3 is 2.44 bits per heavy atom. The quantitative estimate of drug-likeness (QED) is 0.642. The van der Waals surface area contributed by atoms with E-state index in [-0.39, 0.29) is 5.91 Å². The molecule has 1 aromatic heterocycles. The van der Waals surface area contributed by atoms with Crippen LogP contribution in [0.5, 0.6) is 11.5 Å². The van der Waals surface area contributed by atoms with Gasteiger partial charge in [0.1, 0.15) is 5.82 Å². The molecule has 1 amide bonds. The summed E-state index contributed by atoms with van der Waals surface area (Å²) in [6.45, 7) is 0. The van der Waals surface area contributed by atoms with Crippen LogP contribution < -0.4 is 20.1 Å². The fourth-order valence-electron chi connectivity index (χ4n) is 2.44. The van der Waals surface area contributed by atoms with Crippen LogP contribution in [0.25, 0.3) is 0 Å². The normalized spacial score (nSPS) is 10.2. The Hall–Kier alpha value is -3.25. The average Bonchev–Trinajstić information content (AvgIpc) is 2.69. The number of nitrogens with zero attached hydrogens (tertiary/aromatic N) is 1. The van der Waals surface area contributed by atoms with E-state index in [2.05, 4.69) is 15.6 Å². The van der Waals surface area contributed by atoms with Gasteiger partial charge in [-0.1, -0.05) is 17.7 Å². The Labute approximate surface area is 162 Å². The van der Waals surface area contributed by atoms with Crippen molar-refractivity contribution in [1.29, 1.82) is 0 Å². The van der Waals surface area contributed by atoms with Gasteiger partial charge in [0.2, 0.25) is 0 Å². The van der Waals surface area contributed by atoms with Crippen LogP contribution >= 0.6 is 11.6 Å². The van der Waals surface area contributed by atoms with Crippen molar-refractivity contribution < 1.29 is 14.3 Å². The summed E-state index contributed by atoms with van der Waals surface area (Å²) in [5, 5.41) is 6.59. The summed E-state index contributed by atoms with van der Waals surface area (Å²) in [4.78, 5) is 16.7. The van der Waals surface area contributed by atoms with Crippen LogP contribution in [0.3, 0.4) is 0 Å². The molecule has 0 saturated carbocycles. The fourth-order valence-corrected chi connectivity index (χ4v) is 2.63. The molecule has 0 saturated heterocycles. The lowest BCUT2D eigenvalue weighted by Crippen LogP contribution is -2.13. The van der Waals surface area contributed by atoms with E-state index in [1.165, 1.54) is 7.11 Å². The minimum Gasteiger partial charge on any atom is -0.493 e. The Morgan fingerprint density at radius 1 is 0.963 bits per heavy atom. The second kappa shape index (κ2) is 8.42. The third-order valence-corrected chi connectivity index (χ3v) is 4.00. The van der Waals surface area contributed by atoms with Gasteiger partial charge in [-0.2, -0.15) is 0 Å². The zero-order chi connectivity index (χ0) is 19.2. The first kappa shape index (κ1) is 18.5. The summed E-state index contributed by atoms with van der Waals surface area (Å²) in [7, 11) is 3.06. The number of carbonyl (C=O) groups is 1. The molecular formula is C20H18ClN3O3. The number of hydrogen-bond donors (Lipinski definition) is 2. The number of ether oxygens (including phenoxy) is 2. The van der Waals surface area contributed by atoms with Gasteiger partial charge in [0.15, 0.2) is 11.5 Å². The highest BCUT2D eigenvalue weighted by molar-refractivity contribution is 6.30. The van der Waals surface area contributed by atoms with Crippen LogP contribution in [0.15, 0.2) is 60.8 Å². The zero-order valence-corrected chi connectivity index (χ0v) is 15.6. The predicted octanol–water partition coefficient (Wildman–Crippen LogP) is 4.75. The highest BCUT2D eigenvalue weighted by Gasteiger charge is 2.11. The van der Waals surface area contributed by atoms with Crippen molar-refractivity contribution in [2.75, 3.05) is 24.9 Å². The lowest BCUT2D eigenvalue weighted by molar-refractivity contribution is 0.102. The summed E-state index contributed by atoms with van der Waals surface area (Å²) in [6.07, 6.45) is 1.63. The van der Waals surface area contributed by atoms with Crippen LogP contribution in [0.4, 0.5) is 17.2 Å². The van der Waals surface area contributed by atoms with Crippen LogP contribution in [0.2, 0.25) is 5.02 Å². The molecule has 138 valence electrons. The van der Waals surface area contributed by atoms with E-state index in [9.17, 15) is 4.79 Å². The van der Waals surface area contributed by atoms with Gasteiger partial charge in [0.05, 0.1) is 26.1 Å². The van der Waals surface area contributed by atoms with Gasteiger partial charge < -0.3 is 20.1 Å². The second-order valence-electron chi connectivity index (χ2n) is 5.59. The Morgan fingerprint density at radius 2 is 1.78 bits per heavy atom. The lowest BCUT2D eigenvalue weighted by atomic mass is 10.2. The summed E-state index contributed by atoms with van der Waals surface area (Å²) >= 11 is 5.97. The van der Waals surface area contributed by atoms with E-state index < -0.39 is 0 Å². The summed E-state index contributed by atoms with van der Waals surface area (Å²) < 4.78 is 10.4. The summed E-state index contributed by atoms with van der Waals surface area (Å²) in [6, 6.07) is 15.9. The molecule has 1 heterocycles. The molecule has 0 spiro atoms. The van der Waals surface area contributed by atoms with Crippen LogP contribution in [-0.4, -0.2) is 25.1 Å². The Bertz CT molecular complexity index is 945. The van der Waals surface area contributed by atoms with Crippen LogP contribution in [-0.2, 0) is 0 Å². The zero-order valence-electron chi connectivity index (χ0n) is 14.8. The van der Waals surface area contributed by atoms with Gasteiger partial charge in [0, 0.05) is 16.3 Å². The number of halogens is 1. The highest BCUT2D eigenvalue weighted by Crippen LogP contribution is 2.28. The molecule has 6 nitrogen and oxygen atoms in total. The number of rotatable bonds is 6. The maximum absolute atomic E-state index is 12.4. The third kappa shape index (κ3) is 4.68.